The minimum Gasteiger partial charge on any atom is -0.288 e. The largest absolute Gasteiger partial charge is 0.288 e. The molecule has 2 nitrogen and oxygen atoms in total. The zero-order valence-corrected chi connectivity index (χ0v) is 9.83. The molecule has 0 aliphatic rings. The second-order valence-electron chi connectivity index (χ2n) is 3.65. The van der Waals surface area contributed by atoms with Crippen molar-refractivity contribution in [1.82, 2.24) is 4.98 Å². The van der Waals surface area contributed by atoms with E-state index in [2.05, 4.69) is 4.98 Å². The molecule has 0 saturated carbocycles. The van der Waals surface area contributed by atoms with Gasteiger partial charge in [0, 0.05) is 16.8 Å². The molecule has 1 aromatic heterocycles. The van der Waals surface area contributed by atoms with Gasteiger partial charge in [-0.3, -0.25) is 9.78 Å². The number of nitrogens with zero attached hydrogens (tertiary/aromatic N) is 1. The first-order valence-electron chi connectivity index (χ1n) is 5.00. The van der Waals surface area contributed by atoms with Crippen molar-refractivity contribution in [2.45, 2.75) is 6.92 Å². The van der Waals surface area contributed by atoms with Crippen LogP contribution in [0.15, 0.2) is 36.7 Å². The van der Waals surface area contributed by atoms with Crippen LogP contribution in [0.2, 0.25) is 5.02 Å². The Morgan fingerprint density at radius 2 is 2.12 bits per heavy atom. The Bertz CT molecular complexity index is 583. The van der Waals surface area contributed by atoms with E-state index in [0.717, 1.165) is 11.8 Å². The van der Waals surface area contributed by atoms with Crippen LogP contribution in [0.1, 0.15) is 21.5 Å². The summed E-state index contributed by atoms with van der Waals surface area (Å²) in [6, 6.07) is 6.25. The standard InChI is InChI=1S/C13H9ClFNO/c1-8-2-3-9(6-11(8)14)13(17)10-4-5-16-7-12(10)15/h2-7H,1H3. The smallest absolute Gasteiger partial charge is 0.196 e. The van der Waals surface area contributed by atoms with Gasteiger partial charge in [0.1, 0.15) is 0 Å². The second-order valence-corrected chi connectivity index (χ2v) is 4.06. The lowest BCUT2D eigenvalue weighted by atomic mass is 10.0. The van der Waals surface area contributed by atoms with Crippen LogP contribution in [-0.4, -0.2) is 10.8 Å². The quantitative estimate of drug-likeness (QED) is 0.764. The summed E-state index contributed by atoms with van der Waals surface area (Å²) in [7, 11) is 0. The van der Waals surface area contributed by atoms with Crippen molar-refractivity contribution < 1.29 is 9.18 Å². The number of halogens is 2. The summed E-state index contributed by atoms with van der Waals surface area (Å²) in [5, 5.41) is 0.491. The van der Waals surface area contributed by atoms with Crippen LogP contribution in [0.25, 0.3) is 0 Å². The van der Waals surface area contributed by atoms with Crippen molar-refractivity contribution in [3.8, 4) is 0 Å². The zero-order chi connectivity index (χ0) is 12.4. The van der Waals surface area contributed by atoms with Gasteiger partial charge in [-0.2, -0.15) is 0 Å². The Morgan fingerprint density at radius 1 is 1.35 bits per heavy atom. The van der Waals surface area contributed by atoms with Crippen LogP contribution in [0.5, 0.6) is 0 Å². The first kappa shape index (κ1) is 11.7. The summed E-state index contributed by atoms with van der Waals surface area (Å²) in [5.74, 6) is -1.03. The molecule has 2 aromatic rings. The predicted octanol–water partition coefficient (Wildman–Crippen LogP) is 3.41. The number of hydrogen-bond acceptors (Lipinski definition) is 2. The number of rotatable bonds is 2. The van der Waals surface area contributed by atoms with E-state index in [1.54, 1.807) is 18.2 Å². The molecule has 1 heterocycles. The molecule has 0 N–H and O–H groups in total. The van der Waals surface area contributed by atoms with Gasteiger partial charge < -0.3 is 0 Å². The Hall–Kier alpha value is -1.74. The summed E-state index contributed by atoms with van der Waals surface area (Å²) in [5.41, 5.74) is 1.24. The third-order valence-electron chi connectivity index (χ3n) is 2.45. The zero-order valence-electron chi connectivity index (χ0n) is 9.08. The van der Waals surface area contributed by atoms with E-state index in [1.807, 2.05) is 6.92 Å². The van der Waals surface area contributed by atoms with Gasteiger partial charge in [-0.05, 0) is 24.6 Å². The Morgan fingerprint density at radius 3 is 2.76 bits per heavy atom. The van der Waals surface area contributed by atoms with Crippen molar-refractivity contribution in [1.29, 1.82) is 0 Å². The second kappa shape index (κ2) is 4.63. The molecule has 0 aliphatic carbocycles. The summed E-state index contributed by atoms with van der Waals surface area (Å²) in [4.78, 5) is 15.6. The van der Waals surface area contributed by atoms with Crippen LogP contribution >= 0.6 is 11.6 Å². The van der Waals surface area contributed by atoms with Crippen molar-refractivity contribution in [3.63, 3.8) is 0 Å². The Labute approximate surface area is 103 Å². The maximum atomic E-state index is 13.4. The summed E-state index contributed by atoms with van der Waals surface area (Å²) >= 11 is 5.93. The van der Waals surface area contributed by atoms with Crippen LogP contribution < -0.4 is 0 Å². The molecule has 0 bridgehead atoms. The van der Waals surface area contributed by atoms with Crippen molar-refractivity contribution in [2.75, 3.05) is 0 Å². The number of carbonyl (C=O) groups excluding carboxylic acids is 1. The highest BCUT2D eigenvalue weighted by Crippen LogP contribution is 2.19. The molecule has 0 unspecified atom stereocenters. The molecule has 0 spiro atoms. The topological polar surface area (TPSA) is 30.0 Å². The number of hydrogen-bond donors (Lipinski definition) is 0. The number of ketones is 1. The maximum Gasteiger partial charge on any atom is 0.196 e. The average Bonchev–Trinajstić information content (AvgIpc) is 2.32. The predicted molar refractivity (Wildman–Crippen MR) is 63.8 cm³/mol. The van der Waals surface area contributed by atoms with E-state index in [1.165, 1.54) is 12.3 Å². The van der Waals surface area contributed by atoms with Crippen LogP contribution in [-0.2, 0) is 0 Å². The summed E-state index contributed by atoms with van der Waals surface area (Å²) in [6.45, 7) is 1.84. The molecule has 0 saturated heterocycles. The van der Waals surface area contributed by atoms with Gasteiger partial charge >= 0.3 is 0 Å². The molecular weight excluding hydrogens is 241 g/mol. The first-order valence-corrected chi connectivity index (χ1v) is 5.38. The van der Waals surface area contributed by atoms with Gasteiger partial charge in [-0.1, -0.05) is 23.7 Å². The lowest BCUT2D eigenvalue weighted by molar-refractivity contribution is 0.103. The molecule has 1 aromatic carbocycles. The fraction of sp³-hybridized carbons (Fsp3) is 0.0769. The van der Waals surface area contributed by atoms with Gasteiger partial charge in [-0.15, -0.1) is 0 Å². The molecular formula is C13H9ClFNO. The molecule has 17 heavy (non-hydrogen) atoms. The lowest BCUT2D eigenvalue weighted by Crippen LogP contribution is -2.04. The Balaban J connectivity index is 2.44. The molecule has 0 aliphatic heterocycles. The number of benzene rings is 1. The minimum atomic E-state index is -0.630. The third kappa shape index (κ3) is 2.34. The van der Waals surface area contributed by atoms with Gasteiger partial charge in [0.15, 0.2) is 11.6 Å². The monoisotopic (exact) mass is 249 g/mol. The van der Waals surface area contributed by atoms with E-state index < -0.39 is 11.6 Å². The highest BCUT2D eigenvalue weighted by molar-refractivity contribution is 6.31. The SMILES string of the molecule is Cc1ccc(C(=O)c2ccncc2F)cc1Cl. The van der Waals surface area contributed by atoms with E-state index in [-0.39, 0.29) is 5.56 Å². The molecule has 0 amide bonds. The molecule has 86 valence electrons. The van der Waals surface area contributed by atoms with E-state index in [4.69, 9.17) is 11.6 Å². The van der Waals surface area contributed by atoms with Crippen LogP contribution in [0, 0.1) is 12.7 Å². The van der Waals surface area contributed by atoms with Crippen molar-refractivity contribution >= 4 is 17.4 Å². The van der Waals surface area contributed by atoms with Crippen molar-refractivity contribution in [2.24, 2.45) is 0 Å². The highest BCUT2D eigenvalue weighted by atomic mass is 35.5. The van der Waals surface area contributed by atoms with Crippen LogP contribution in [0.3, 0.4) is 0 Å². The highest BCUT2D eigenvalue weighted by Gasteiger charge is 2.14. The number of aromatic nitrogens is 1. The number of aryl methyl sites for hydroxylation is 1. The van der Waals surface area contributed by atoms with E-state index in [0.29, 0.717) is 10.6 Å². The van der Waals surface area contributed by atoms with Gasteiger partial charge in [0.05, 0.1) is 11.8 Å². The molecule has 0 radical (unpaired) electrons. The molecule has 0 fully saturated rings. The molecule has 0 atom stereocenters. The van der Waals surface area contributed by atoms with Gasteiger partial charge in [-0.25, -0.2) is 4.39 Å². The Kier molecular flexibility index (Phi) is 3.20. The maximum absolute atomic E-state index is 13.4. The van der Waals surface area contributed by atoms with Gasteiger partial charge in [0.25, 0.3) is 0 Å². The first-order chi connectivity index (χ1) is 8.09. The van der Waals surface area contributed by atoms with E-state index in [9.17, 15) is 9.18 Å². The summed E-state index contributed by atoms with van der Waals surface area (Å²) < 4.78 is 13.4. The lowest BCUT2D eigenvalue weighted by Gasteiger charge is -2.04. The minimum absolute atomic E-state index is 0.0000743. The molecule has 2 rings (SSSR count). The number of pyridine rings is 1. The number of carbonyl (C=O) groups is 1. The fourth-order valence-corrected chi connectivity index (χ4v) is 1.63. The average molecular weight is 250 g/mol. The van der Waals surface area contributed by atoms with E-state index >= 15 is 0 Å². The van der Waals surface area contributed by atoms with Crippen molar-refractivity contribution in [3.05, 3.63) is 64.2 Å². The summed E-state index contributed by atoms with van der Waals surface area (Å²) in [6.07, 6.45) is 2.40. The normalized spacial score (nSPS) is 10.3. The van der Waals surface area contributed by atoms with Gasteiger partial charge in [0.2, 0.25) is 0 Å². The molecule has 4 heteroatoms. The third-order valence-corrected chi connectivity index (χ3v) is 2.86. The fourth-order valence-electron chi connectivity index (χ4n) is 1.45. The van der Waals surface area contributed by atoms with Crippen LogP contribution in [0.4, 0.5) is 4.39 Å².